The Hall–Kier alpha value is -1.01. The molecule has 0 radical (unpaired) electrons. The van der Waals surface area contributed by atoms with Crippen molar-refractivity contribution in [1.29, 1.82) is 0 Å². The lowest BCUT2D eigenvalue weighted by Gasteiger charge is -2.10. The minimum Gasteiger partial charge on any atom is -0.486 e. The second-order valence-corrected chi connectivity index (χ2v) is 5.46. The first-order valence-electron chi connectivity index (χ1n) is 5.19. The Morgan fingerprint density at radius 1 is 0.947 bits per heavy atom. The molecule has 0 aliphatic carbocycles. The van der Waals surface area contributed by atoms with Crippen LogP contribution in [0.4, 0.5) is 13.2 Å². The fourth-order valence-electron chi connectivity index (χ4n) is 1.44. The second-order valence-electron chi connectivity index (χ2n) is 3.69. The highest BCUT2D eigenvalue weighted by Crippen LogP contribution is 2.25. The van der Waals surface area contributed by atoms with Crippen molar-refractivity contribution in [2.24, 2.45) is 0 Å². The van der Waals surface area contributed by atoms with Crippen LogP contribution in [-0.2, 0) is 6.61 Å². The molecule has 2 rings (SSSR count). The summed E-state index contributed by atoms with van der Waals surface area (Å²) < 4.78 is 46.4. The Kier molecular flexibility index (Phi) is 4.52. The molecule has 0 spiro atoms. The molecule has 100 valence electrons. The SMILES string of the molecule is Fc1cc(Br)ccc1OCc1c(F)ccc(Br)c1F. The van der Waals surface area contributed by atoms with Crippen LogP contribution in [0.1, 0.15) is 5.56 Å². The van der Waals surface area contributed by atoms with Crippen LogP contribution in [-0.4, -0.2) is 0 Å². The van der Waals surface area contributed by atoms with Gasteiger partial charge in [-0.1, -0.05) is 15.9 Å². The average Bonchev–Trinajstić information content (AvgIpc) is 2.36. The van der Waals surface area contributed by atoms with E-state index < -0.39 is 24.1 Å². The number of rotatable bonds is 3. The standard InChI is InChI=1S/C13H7Br2F3O/c14-7-1-4-12(11(17)5-7)19-6-8-10(16)3-2-9(15)13(8)18/h1-5H,6H2. The van der Waals surface area contributed by atoms with E-state index >= 15 is 0 Å². The fourth-order valence-corrected chi connectivity index (χ4v) is 2.15. The Balaban J connectivity index is 2.21. The Morgan fingerprint density at radius 2 is 1.68 bits per heavy atom. The molecule has 0 aliphatic heterocycles. The first-order chi connectivity index (χ1) is 8.99. The van der Waals surface area contributed by atoms with Gasteiger partial charge in [-0.15, -0.1) is 0 Å². The van der Waals surface area contributed by atoms with Gasteiger partial charge in [0, 0.05) is 4.47 Å². The van der Waals surface area contributed by atoms with Crippen molar-refractivity contribution in [2.45, 2.75) is 6.61 Å². The molecule has 19 heavy (non-hydrogen) atoms. The number of hydrogen-bond acceptors (Lipinski definition) is 1. The predicted molar refractivity (Wildman–Crippen MR) is 72.5 cm³/mol. The summed E-state index contributed by atoms with van der Waals surface area (Å²) in [6.07, 6.45) is 0. The number of benzene rings is 2. The highest BCUT2D eigenvalue weighted by molar-refractivity contribution is 9.10. The summed E-state index contributed by atoms with van der Waals surface area (Å²) in [6.45, 7) is -0.393. The van der Waals surface area contributed by atoms with E-state index in [9.17, 15) is 13.2 Å². The lowest BCUT2D eigenvalue weighted by atomic mass is 10.2. The average molecular weight is 396 g/mol. The van der Waals surface area contributed by atoms with Crippen LogP contribution in [0, 0.1) is 17.5 Å². The minimum atomic E-state index is -0.752. The van der Waals surface area contributed by atoms with Crippen molar-refractivity contribution in [2.75, 3.05) is 0 Å². The summed E-state index contributed by atoms with van der Waals surface area (Å²) in [5.41, 5.74) is -0.253. The minimum absolute atomic E-state index is 0.0676. The molecule has 1 nitrogen and oxygen atoms in total. The number of halogens is 5. The highest BCUT2D eigenvalue weighted by atomic mass is 79.9. The molecule has 0 aromatic heterocycles. The third kappa shape index (κ3) is 3.30. The summed E-state index contributed by atoms with van der Waals surface area (Å²) in [6, 6.07) is 6.54. The Bertz CT molecular complexity index is 617. The first-order valence-corrected chi connectivity index (χ1v) is 6.78. The first kappa shape index (κ1) is 14.4. The van der Waals surface area contributed by atoms with Gasteiger partial charge in [-0.3, -0.25) is 0 Å². The Morgan fingerprint density at radius 3 is 2.37 bits per heavy atom. The molecule has 0 aliphatic rings. The molecule has 0 atom stereocenters. The van der Waals surface area contributed by atoms with Crippen LogP contribution in [0.5, 0.6) is 5.75 Å². The molecule has 0 heterocycles. The summed E-state index contributed by atoms with van der Waals surface area (Å²) in [5, 5.41) is 0. The van der Waals surface area contributed by atoms with Gasteiger partial charge in [-0.25, -0.2) is 13.2 Å². The van der Waals surface area contributed by atoms with Crippen molar-refractivity contribution in [3.8, 4) is 5.75 Å². The third-order valence-corrected chi connectivity index (χ3v) is 3.51. The molecule has 0 saturated carbocycles. The Labute approximate surface area is 124 Å². The van der Waals surface area contributed by atoms with E-state index in [2.05, 4.69) is 31.9 Å². The normalized spacial score (nSPS) is 10.6. The van der Waals surface area contributed by atoms with E-state index in [1.807, 2.05) is 0 Å². The third-order valence-electron chi connectivity index (χ3n) is 2.40. The lowest BCUT2D eigenvalue weighted by Crippen LogP contribution is -2.03. The summed E-state index contributed by atoms with van der Waals surface area (Å²) in [5.74, 6) is -2.16. The van der Waals surface area contributed by atoms with Crippen molar-refractivity contribution in [3.63, 3.8) is 0 Å². The van der Waals surface area contributed by atoms with Crippen molar-refractivity contribution in [1.82, 2.24) is 0 Å². The van der Waals surface area contributed by atoms with Gasteiger partial charge in [0.2, 0.25) is 0 Å². The highest BCUT2D eigenvalue weighted by Gasteiger charge is 2.14. The number of hydrogen-bond donors (Lipinski definition) is 0. The molecule has 0 N–H and O–H groups in total. The lowest BCUT2D eigenvalue weighted by molar-refractivity contribution is 0.278. The largest absolute Gasteiger partial charge is 0.486 e. The van der Waals surface area contributed by atoms with Crippen molar-refractivity contribution in [3.05, 3.63) is 62.3 Å². The van der Waals surface area contributed by atoms with Gasteiger partial charge in [0.15, 0.2) is 11.6 Å². The summed E-state index contributed by atoms with van der Waals surface area (Å²) in [4.78, 5) is 0. The van der Waals surface area contributed by atoms with E-state index in [1.54, 1.807) is 6.07 Å². The van der Waals surface area contributed by atoms with Crippen LogP contribution >= 0.6 is 31.9 Å². The molecule has 0 bridgehead atoms. The van der Waals surface area contributed by atoms with Gasteiger partial charge >= 0.3 is 0 Å². The van der Waals surface area contributed by atoms with Crippen LogP contribution in [0.15, 0.2) is 39.3 Å². The molecular formula is C13H7Br2F3O. The molecule has 0 fully saturated rings. The van der Waals surface area contributed by atoms with Crippen LogP contribution in [0.3, 0.4) is 0 Å². The topological polar surface area (TPSA) is 9.23 Å². The molecule has 6 heteroatoms. The van der Waals surface area contributed by atoms with Gasteiger partial charge in [-0.05, 0) is 46.3 Å². The molecule has 0 amide bonds. The summed E-state index contributed by atoms with van der Waals surface area (Å²) in [7, 11) is 0. The van der Waals surface area contributed by atoms with Crippen LogP contribution in [0.25, 0.3) is 0 Å². The molecule has 0 saturated heterocycles. The number of ether oxygens (including phenoxy) is 1. The zero-order chi connectivity index (χ0) is 14.0. The molecule has 2 aromatic carbocycles. The molecule has 0 unspecified atom stereocenters. The monoisotopic (exact) mass is 394 g/mol. The van der Waals surface area contributed by atoms with Gasteiger partial charge in [0.25, 0.3) is 0 Å². The van der Waals surface area contributed by atoms with Gasteiger partial charge in [0.1, 0.15) is 18.2 Å². The van der Waals surface area contributed by atoms with E-state index in [-0.39, 0.29) is 15.8 Å². The van der Waals surface area contributed by atoms with Crippen LogP contribution < -0.4 is 4.74 Å². The maximum atomic E-state index is 13.7. The second kappa shape index (κ2) is 5.96. The van der Waals surface area contributed by atoms with E-state index in [1.165, 1.54) is 18.2 Å². The van der Waals surface area contributed by atoms with E-state index in [0.29, 0.717) is 4.47 Å². The van der Waals surface area contributed by atoms with Gasteiger partial charge in [-0.2, -0.15) is 0 Å². The summed E-state index contributed by atoms with van der Waals surface area (Å²) >= 11 is 6.06. The van der Waals surface area contributed by atoms with Crippen molar-refractivity contribution < 1.29 is 17.9 Å². The molecular weight excluding hydrogens is 389 g/mol. The zero-order valence-corrected chi connectivity index (χ0v) is 12.6. The van der Waals surface area contributed by atoms with E-state index in [4.69, 9.17) is 4.74 Å². The van der Waals surface area contributed by atoms with Gasteiger partial charge < -0.3 is 4.74 Å². The maximum absolute atomic E-state index is 13.7. The van der Waals surface area contributed by atoms with Crippen molar-refractivity contribution >= 4 is 31.9 Å². The van der Waals surface area contributed by atoms with Crippen LogP contribution in [0.2, 0.25) is 0 Å². The van der Waals surface area contributed by atoms with E-state index in [0.717, 1.165) is 6.07 Å². The predicted octanol–water partition coefficient (Wildman–Crippen LogP) is 5.21. The smallest absolute Gasteiger partial charge is 0.166 e. The maximum Gasteiger partial charge on any atom is 0.166 e. The fraction of sp³-hybridized carbons (Fsp3) is 0.0769. The zero-order valence-electron chi connectivity index (χ0n) is 9.39. The quantitative estimate of drug-likeness (QED) is 0.648. The molecule has 2 aromatic rings. The van der Waals surface area contributed by atoms with Gasteiger partial charge in [0.05, 0.1) is 10.0 Å².